The van der Waals surface area contributed by atoms with Gasteiger partial charge >= 0.3 is 0 Å². The number of aromatic nitrogens is 2. The minimum absolute atomic E-state index is 0.0737. The quantitative estimate of drug-likeness (QED) is 0.513. The summed E-state index contributed by atoms with van der Waals surface area (Å²) < 4.78 is 6.52. The summed E-state index contributed by atoms with van der Waals surface area (Å²) in [6, 6.07) is 9.13. The Kier molecular flexibility index (Phi) is 8.45. The number of amides is 1. The van der Waals surface area contributed by atoms with Crippen molar-refractivity contribution < 1.29 is 9.53 Å². The van der Waals surface area contributed by atoms with Crippen molar-refractivity contribution in [2.45, 2.75) is 58.0 Å². The van der Waals surface area contributed by atoms with Crippen LogP contribution in [0.15, 0.2) is 35.1 Å². The molecule has 2 aliphatic rings. The molecule has 1 aromatic carbocycles. The number of aryl methyl sites for hydroxylation is 2. The fourth-order valence-electron chi connectivity index (χ4n) is 5.63. The molecule has 0 aliphatic carbocycles. The van der Waals surface area contributed by atoms with Crippen LogP contribution in [0.1, 0.15) is 54.4 Å². The molecule has 7 nitrogen and oxygen atoms in total. The van der Waals surface area contributed by atoms with Crippen molar-refractivity contribution in [2.24, 2.45) is 0 Å². The molecular formula is C27H38BrN5O2. The highest BCUT2D eigenvalue weighted by atomic mass is 79.9. The molecule has 0 unspecified atom stereocenters. The van der Waals surface area contributed by atoms with E-state index in [1.54, 1.807) is 7.11 Å². The number of anilines is 1. The van der Waals surface area contributed by atoms with E-state index in [0.717, 1.165) is 80.9 Å². The third-order valence-electron chi connectivity index (χ3n) is 7.93. The second kappa shape index (κ2) is 11.4. The standard InChI is InChI=1S/C27H38BrN5O2/c1-20-25(21(2)30-19-29-20)26(34)31-15-11-27(3,12-16-31)32-13-9-24(10-14-32)33(17-18-35-4)23-7-5-22(28)6-8-23/h5-8,19,24H,9-18H2,1-4H3. The average Bonchev–Trinajstić information content (AvgIpc) is 2.86. The molecule has 0 saturated carbocycles. The van der Waals surface area contributed by atoms with Crippen molar-refractivity contribution in [3.8, 4) is 0 Å². The molecule has 0 atom stereocenters. The number of nitrogens with zero attached hydrogens (tertiary/aromatic N) is 5. The van der Waals surface area contributed by atoms with E-state index in [0.29, 0.717) is 11.6 Å². The van der Waals surface area contributed by atoms with Gasteiger partial charge in [-0.05, 0) is 70.7 Å². The van der Waals surface area contributed by atoms with Crippen LogP contribution in [0.2, 0.25) is 0 Å². The Morgan fingerprint density at radius 3 is 2.26 bits per heavy atom. The number of methoxy groups -OCH3 is 1. The fraction of sp³-hybridized carbons (Fsp3) is 0.593. The number of carbonyl (C=O) groups is 1. The number of likely N-dealkylation sites (tertiary alicyclic amines) is 2. The maximum Gasteiger partial charge on any atom is 0.257 e. The van der Waals surface area contributed by atoms with Crippen LogP contribution in [0.4, 0.5) is 5.69 Å². The van der Waals surface area contributed by atoms with Gasteiger partial charge in [0.25, 0.3) is 5.91 Å². The van der Waals surface area contributed by atoms with Gasteiger partial charge in [-0.25, -0.2) is 9.97 Å². The monoisotopic (exact) mass is 543 g/mol. The van der Waals surface area contributed by atoms with Crippen LogP contribution in [0, 0.1) is 13.8 Å². The number of piperidine rings is 2. The molecule has 0 N–H and O–H groups in total. The minimum Gasteiger partial charge on any atom is -0.383 e. The molecule has 4 rings (SSSR count). The van der Waals surface area contributed by atoms with Crippen LogP contribution in [0.5, 0.6) is 0 Å². The third-order valence-corrected chi connectivity index (χ3v) is 8.46. The Bertz CT molecular complexity index is 979. The summed E-state index contributed by atoms with van der Waals surface area (Å²) in [5.74, 6) is 0.0737. The van der Waals surface area contributed by atoms with Gasteiger partial charge in [-0.3, -0.25) is 9.69 Å². The van der Waals surface area contributed by atoms with E-state index in [-0.39, 0.29) is 11.4 Å². The summed E-state index contributed by atoms with van der Waals surface area (Å²) in [7, 11) is 1.77. The number of carbonyl (C=O) groups excluding carboxylic acids is 1. The normalized spacial score (nSPS) is 19.1. The van der Waals surface area contributed by atoms with Crippen LogP contribution < -0.4 is 4.90 Å². The summed E-state index contributed by atoms with van der Waals surface area (Å²) in [6.45, 7) is 11.5. The number of hydrogen-bond acceptors (Lipinski definition) is 6. The molecule has 1 aromatic heterocycles. The Morgan fingerprint density at radius 2 is 1.69 bits per heavy atom. The molecule has 35 heavy (non-hydrogen) atoms. The highest BCUT2D eigenvalue weighted by Gasteiger charge is 2.39. The molecule has 0 spiro atoms. The second-order valence-electron chi connectivity index (χ2n) is 10.1. The molecule has 2 saturated heterocycles. The predicted molar refractivity (Wildman–Crippen MR) is 143 cm³/mol. The predicted octanol–water partition coefficient (Wildman–Crippen LogP) is 4.47. The van der Waals surface area contributed by atoms with E-state index in [1.165, 1.54) is 12.0 Å². The van der Waals surface area contributed by atoms with E-state index < -0.39 is 0 Å². The van der Waals surface area contributed by atoms with Gasteiger partial charge in [0, 0.05) is 61.6 Å². The SMILES string of the molecule is COCCN(c1ccc(Br)cc1)C1CCN(C2(C)CCN(C(=O)c3c(C)ncnc3C)CC2)CC1. The zero-order valence-corrected chi connectivity index (χ0v) is 23.1. The topological polar surface area (TPSA) is 61.8 Å². The van der Waals surface area contributed by atoms with Crippen molar-refractivity contribution in [2.75, 3.05) is 51.3 Å². The smallest absolute Gasteiger partial charge is 0.257 e. The maximum absolute atomic E-state index is 13.2. The van der Waals surface area contributed by atoms with Gasteiger partial charge < -0.3 is 14.5 Å². The number of ether oxygens (including phenoxy) is 1. The van der Waals surface area contributed by atoms with Gasteiger partial charge in [-0.15, -0.1) is 0 Å². The first kappa shape index (κ1) is 26.0. The van der Waals surface area contributed by atoms with Gasteiger partial charge in [-0.2, -0.15) is 0 Å². The lowest BCUT2D eigenvalue weighted by Crippen LogP contribution is -2.58. The molecular weight excluding hydrogens is 506 g/mol. The number of halogens is 1. The molecule has 2 fully saturated rings. The molecule has 2 aliphatic heterocycles. The van der Waals surface area contributed by atoms with Crippen LogP contribution in [-0.4, -0.2) is 83.7 Å². The summed E-state index contributed by atoms with van der Waals surface area (Å²) in [6.07, 6.45) is 5.80. The van der Waals surface area contributed by atoms with Gasteiger partial charge in [0.15, 0.2) is 0 Å². The zero-order chi connectivity index (χ0) is 25.0. The Morgan fingerprint density at radius 1 is 1.09 bits per heavy atom. The lowest BCUT2D eigenvalue weighted by Gasteiger charge is -2.50. The summed E-state index contributed by atoms with van der Waals surface area (Å²) in [5, 5.41) is 0. The van der Waals surface area contributed by atoms with E-state index in [9.17, 15) is 4.79 Å². The van der Waals surface area contributed by atoms with Gasteiger partial charge in [-0.1, -0.05) is 15.9 Å². The second-order valence-corrected chi connectivity index (χ2v) is 11.0. The fourth-order valence-corrected chi connectivity index (χ4v) is 5.89. The van der Waals surface area contributed by atoms with Crippen molar-refractivity contribution in [3.05, 3.63) is 52.0 Å². The van der Waals surface area contributed by atoms with Gasteiger partial charge in [0.05, 0.1) is 23.6 Å². The lowest BCUT2D eigenvalue weighted by atomic mass is 9.85. The lowest BCUT2D eigenvalue weighted by molar-refractivity contribution is 0.0168. The van der Waals surface area contributed by atoms with Crippen molar-refractivity contribution in [3.63, 3.8) is 0 Å². The van der Waals surface area contributed by atoms with Crippen molar-refractivity contribution in [1.29, 1.82) is 0 Å². The molecule has 1 amide bonds. The molecule has 8 heteroatoms. The Labute approximate surface area is 218 Å². The summed E-state index contributed by atoms with van der Waals surface area (Å²) in [4.78, 5) is 28.9. The highest BCUT2D eigenvalue weighted by Crippen LogP contribution is 2.34. The third kappa shape index (κ3) is 5.87. The Balaban J connectivity index is 1.36. The first-order chi connectivity index (χ1) is 16.8. The van der Waals surface area contributed by atoms with E-state index in [4.69, 9.17) is 4.74 Å². The zero-order valence-electron chi connectivity index (χ0n) is 21.5. The van der Waals surface area contributed by atoms with Gasteiger partial charge in [0.2, 0.25) is 0 Å². The molecule has 3 heterocycles. The van der Waals surface area contributed by atoms with Crippen LogP contribution in [0.3, 0.4) is 0 Å². The molecule has 190 valence electrons. The maximum atomic E-state index is 13.2. The molecule has 0 bridgehead atoms. The van der Waals surface area contributed by atoms with Crippen LogP contribution in [0.25, 0.3) is 0 Å². The van der Waals surface area contributed by atoms with Crippen molar-refractivity contribution >= 4 is 27.5 Å². The van der Waals surface area contributed by atoms with Crippen LogP contribution >= 0.6 is 15.9 Å². The number of benzene rings is 1. The number of hydrogen-bond donors (Lipinski definition) is 0. The Hall–Kier alpha value is -2.03. The first-order valence-electron chi connectivity index (χ1n) is 12.7. The van der Waals surface area contributed by atoms with Crippen LogP contribution in [-0.2, 0) is 4.74 Å². The number of rotatable bonds is 7. The molecule has 0 radical (unpaired) electrons. The summed E-state index contributed by atoms with van der Waals surface area (Å²) >= 11 is 3.55. The minimum atomic E-state index is 0.0737. The van der Waals surface area contributed by atoms with E-state index >= 15 is 0 Å². The van der Waals surface area contributed by atoms with Crippen molar-refractivity contribution in [1.82, 2.24) is 19.8 Å². The first-order valence-corrected chi connectivity index (χ1v) is 13.5. The largest absolute Gasteiger partial charge is 0.383 e. The highest BCUT2D eigenvalue weighted by molar-refractivity contribution is 9.10. The van der Waals surface area contributed by atoms with Gasteiger partial charge in [0.1, 0.15) is 6.33 Å². The van der Waals surface area contributed by atoms with E-state index in [1.807, 2.05) is 18.7 Å². The summed E-state index contributed by atoms with van der Waals surface area (Å²) in [5.41, 5.74) is 3.59. The average molecular weight is 545 g/mol. The molecule has 2 aromatic rings. The van der Waals surface area contributed by atoms with E-state index in [2.05, 4.69) is 66.9 Å².